The first-order valence-electron chi connectivity index (χ1n) is 6.35. The Morgan fingerprint density at radius 3 is 2.80 bits per heavy atom. The van der Waals surface area contributed by atoms with Gasteiger partial charge in [-0.05, 0) is 6.42 Å². The summed E-state index contributed by atoms with van der Waals surface area (Å²) >= 11 is 0. The first-order chi connectivity index (χ1) is 9.41. The molecule has 2 atom stereocenters. The van der Waals surface area contributed by atoms with Gasteiger partial charge in [0.25, 0.3) is 0 Å². The van der Waals surface area contributed by atoms with Crippen LogP contribution in [0.3, 0.4) is 0 Å². The van der Waals surface area contributed by atoms with Crippen LogP contribution < -0.4 is 0 Å². The van der Waals surface area contributed by atoms with E-state index in [2.05, 4.69) is 4.98 Å². The van der Waals surface area contributed by atoms with E-state index in [9.17, 15) is 18.0 Å². The van der Waals surface area contributed by atoms with Gasteiger partial charge in [-0.3, -0.25) is 4.79 Å². The van der Waals surface area contributed by atoms with Crippen molar-refractivity contribution in [3.8, 4) is 0 Å². The van der Waals surface area contributed by atoms with Crippen molar-refractivity contribution in [1.29, 1.82) is 0 Å². The van der Waals surface area contributed by atoms with Gasteiger partial charge in [-0.15, -0.1) is 0 Å². The minimum atomic E-state index is -4.46. The zero-order valence-corrected chi connectivity index (χ0v) is 10.9. The van der Waals surface area contributed by atoms with E-state index in [1.54, 1.807) is 12.0 Å². The van der Waals surface area contributed by atoms with Gasteiger partial charge in [-0.1, -0.05) is 0 Å². The predicted molar refractivity (Wildman–Crippen MR) is 61.6 cm³/mol. The Balaban J connectivity index is 1.74. The zero-order chi connectivity index (χ0) is 14.5. The number of hydrogen-bond acceptors (Lipinski definition) is 3. The summed E-state index contributed by atoms with van der Waals surface area (Å²) in [5.41, 5.74) is 0.423. The van der Waals surface area contributed by atoms with Gasteiger partial charge in [0.15, 0.2) is 0 Å². The molecule has 110 valence electrons. The van der Waals surface area contributed by atoms with Crippen LogP contribution in [0.1, 0.15) is 17.9 Å². The second-order valence-corrected chi connectivity index (χ2v) is 5.10. The fourth-order valence-electron chi connectivity index (χ4n) is 2.62. The van der Waals surface area contributed by atoms with Crippen molar-refractivity contribution in [2.45, 2.75) is 31.8 Å². The van der Waals surface area contributed by atoms with Crippen LogP contribution in [-0.2, 0) is 28.8 Å². The third kappa shape index (κ3) is 2.17. The number of nitrogens with zero attached hydrogens (tertiary/aromatic N) is 3. The number of amides is 1. The summed E-state index contributed by atoms with van der Waals surface area (Å²) in [7, 11) is 1.55. The van der Waals surface area contributed by atoms with E-state index in [0.29, 0.717) is 12.1 Å². The highest BCUT2D eigenvalue weighted by Gasteiger charge is 2.46. The summed E-state index contributed by atoms with van der Waals surface area (Å²) in [6.07, 6.45) is -2.61. The van der Waals surface area contributed by atoms with Crippen LogP contribution in [0, 0.1) is 5.92 Å². The van der Waals surface area contributed by atoms with Crippen LogP contribution in [0.2, 0.25) is 0 Å². The maximum atomic E-state index is 12.7. The van der Waals surface area contributed by atoms with Gasteiger partial charge < -0.3 is 14.2 Å². The molecule has 1 aliphatic carbocycles. The normalized spacial score (nSPS) is 25.5. The number of fused-ring (bicyclic) bond motifs is 1. The number of alkyl halides is 3. The molecule has 1 aromatic heterocycles. The van der Waals surface area contributed by atoms with E-state index in [-0.39, 0.29) is 37.6 Å². The van der Waals surface area contributed by atoms with Crippen LogP contribution >= 0.6 is 0 Å². The molecular formula is C12H14F3N3O2. The third-order valence-electron chi connectivity index (χ3n) is 3.80. The molecule has 1 aromatic rings. The Morgan fingerprint density at radius 1 is 1.45 bits per heavy atom. The topological polar surface area (TPSA) is 47.4 Å². The molecule has 2 aliphatic rings. The summed E-state index contributed by atoms with van der Waals surface area (Å²) in [4.78, 5) is 17.2. The van der Waals surface area contributed by atoms with E-state index in [0.717, 1.165) is 4.57 Å². The monoisotopic (exact) mass is 289 g/mol. The van der Waals surface area contributed by atoms with Gasteiger partial charge in [0.1, 0.15) is 0 Å². The number of methoxy groups -OCH3 is 1. The maximum Gasteiger partial charge on any atom is 0.449 e. The molecule has 2 heterocycles. The van der Waals surface area contributed by atoms with E-state index in [4.69, 9.17) is 4.74 Å². The van der Waals surface area contributed by atoms with Gasteiger partial charge in [0, 0.05) is 20.2 Å². The quantitative estimate of drug-likeness (QED) is 0.824. The third-order valence-corrected chi connectivity index (χ3v) is 3.80. The van der Waals surface area contributed by atoms with Gasteiger partial charge >= 0.3 is 6.18 Å². The number of ether oxygens (including phenoxy) is 1. The SMILES string of the molecule is CO[C@@H]1C[C@H]1C(=O)N1CCn2c(cnc2C(F)(F)F)C1. The molecule has 5 nitrogen and oxygen atoms in total. The molecule has 0 aromatic carbocycles. The lowest BCUT2D eigenvalue weighted by atomic mass is 10.2. The minimum absolute atomic E-state index is 0.0416. The lowest BCUT2D eigenvalue weighted by Crippen LogP contribution is -2.40. The molecular weight excluding hydrogens is 275 g/mol. The Labute approximate surface area is 113 Å². The number of carbonyl (C=O) groups is 1. The number of halogens is 3. The Kier molecular flexibility index (Phi) is 3.00. The molecule has 0 N–H and O–H groups in total. The molecule has 1 fully saturated rings. The van der Waals surface area contributed by atoms with Crippen molar-refractivity contribution in [1.82, 2.24) is 14.5 Å². The second kappa shape index (κ2) is 4.47. The molecule has 0 radical (unpaired) electrons. The summed E-state index contributed by atoms with van der Waals surface area (Å²) in [6.45, 7) is 0.577. The van der Waals surface area contributed by atoms with Crippen molar-refractivity contribution in [2.24, 2.45) is 5.92 Å². The van der Waals surface area contributed by atoms with Crippen molar-refractivity contribution in [3.63, 3.8) is 0 Å². The molecule has 3 rings (SSSR count). The maximum absolute atomic E-state index is 12.7. The molecule has 0 saturated heterocycles. The van der Waals surface area contributed by atoms with Crippen LogP contribution in [0.4, 0.5) is 13.2 Å². The molecule has 0 unspecified atom stereocenters. The Hall–Kier alpha value is -1.57. The lowest BCUT2D eigenvalue weighted by molar-refractivity contribution is -0.148. The van der Waals surface area contributed by atoms with Crippen LogP contribution in [0.25, 0.3) is 0 Å². The smallest absolute Gasteiger partial charge is 0.381 e. The number of carbonyl (C=O) groups excluding carboxylic acids is 1. The fraction of sp³-hybridized carbons (Fsp3) is 0.667. The number of aromatic nitrogens is 2. The number of rotatable bonds is 2. The zero-order valence-electron chi connectivity index (χ0n) is 10.9. The highest BCUT2D eigenvalue weighted by Crippen LogP contribution is 2.36. The summed E-state index contributed by atoms with van der Waals surface area (Å²) in [5.74, 6) is -1.07. The fourth-order valence-corrected chi connectivity index (χ4v) is 2.62. The van der Waals surface area contributed by atoms with Gasteiger partial charge in [0.2, 0.25) is 11.7 Å². The molecule has 1 aliphatic heterocycles. The second-order valence-electron chi connectivity index (χ2n) is 5.10. The van der Waals surface area contributed by atoms with E-state index < -0.39 is 12.0 Å². The van der Waals surface area contributed by atoms with Gasteiger partial charge in [-0.2, -0.15) is 13.2 Å². The summed E-state index contributed by atoms with van der Waals surface area (Å²) in [6, 6.07) is 0. The van der Waals surface area contributed by atoms with Crippen molar-refractivity contribution in [3.05, 3.63) is 17.7 Å². The molecule has 0 bridgehead atoms. The average Bonchev–Trinajstić information content (AvgIpc) is 3.06. The van der Waals surface area contributed by atoms with Crippen molar-refractivity contribution >= 4 is 5.91 Å². The van der Waals surface area contributed by atoms with Crippen LogP contribution in [-0.4, -0.2) is 40.1 Å². The average molecular weight is 289 g/mol. The van der Waals surface area contributed by atoms with Gasteiger partial charge in [-0.25, -0.2) is 4.98 Å². The Morgan fingerprint density at radius 2 is 2.20 bits per heavy atom. The molecule has 0 spiro atoms. The first kappa shape index (κ1) is 13.4. The molecule has 8 heteroatoms. The Bertz CT molecular complexity index is 541. The highest BCUT2D eigenvalue weighted by atomic mass is 19.4. The van der Waals surface area contributed by atoms with E-state index in [1.165, 1.54) is 6.20 Å². The van der Waals surface area contributed by atoms with Crippen molar-refractivity contribution < 1.29 is 22.7 Å². The molecule has 20 heavy (non-hydrogen) atoms. The largest absolute Gasteiger partial charge is 0.449 e. The minimum Gasteiger partial charge on any atom is -0.381 e. The lowest BCUT2D eigenvalue weighted by Gasteiger charge is -2.29. The number of imidazole rings is 1. The van der Waals surface area contributed by atoms with Crippen LogP contribution in [0.15, 0.2) is 6.20 Å². The van der Waals surface area contributed by atoms with Crippen molar-refractivity contribution in [2.75, 3.05) is 13.7 Å². The van der Waals surface area contributed by atoms with Gasteiger partial charge in [0.05, 0.1) is 30.5 Å². The van der Waals surface area contributed by atoms with E-state index in [1.807, 2.05) is 0 Å². The van der Waals surface area contributed by atoms with Crippen LogP contribution in [0.5, 0.6) is 0 Å². The first-order valence-corrected chi connectivity index (χ1v) is 6.35. The predicted octanol–water partition coefficient (Wildman–Crippen LogP) is 1.28. The highest BCUT2D eigenvalue weighted by molar-refractivity contribution is 5.82. The molecule has 1 amide bonds. The summed E-state index contributed by atoms with van der Waals surface area (Å²) < 4.78 is 44.4. The van der Waals surface area contributed by atoms with E-state index >= 15 is 0 Å². The molecule has 1 saturated carbocycles. The number of hydrogen-bond donors (Lipinski definition) is 0. The summed E-state index contributed by atoms with van der Waals surface area (Å²) in [5, 5.41) is 0. The standard InChI is InChI=1S/C12H14F3N3O2/c1-20-9-4-8(9)10(19)17-2-3-18-7(6-17)5-16-11(18)12(13,14)15/h5,8-9H,2-4,6H2,1H3/t8-,9-/m1/s1.